The lowest BCUT2D eigenvalue weighted by molar-refractivity contribution is 0.519. The molecule has 1 aliphatic carbocycles. The van der Waals surface area contributed by atoms with E-state index in [1.165, 1.54) is 24.8 Å². The van der Waals surface area contributed by atoms with Crippen molar-refractivity contribution in [3.8, 4) is 0 Å². The molecule has 1 heterocycles. The van der Waals surface area contributed by atoms with Crippen molar-refractivity contribution in [3.05, 3.63) is 42.2 Å². The summed E-state index contributed by atoms with van der Waals surface area (Å²) in [5.74, 6) is 1.12. The van der Waals surface area contributed by atoms with E-state index >= 15 is 0 Å². The lowest BCUT2D eigenvalue weighted by Gasteiger charge is -2.20. The molecule has 2 aromatic rings. The van der Waals surface area contributed by atoms with Crippen molar-refractivity contribution in [2.24, 2.45) is 0 Å². The third-order valence-corrected chi connectivity index (χ3v) is 3.33. The normalized spacial score (nSPS) is 20.4. The van der Waals surface area contributed by atoms with Crippen molar-refractivity contribution < 1.29 is 0 Å². The Morgan fingerprint density at radius 1 is 1.31 bits per heavy atom. The summed E-state index contributed by atoms with van der Waals surface area (Å²) in [6, 6.07) is 8.90. The fourth-order valence-corrected chi connectivity index (χ4v) is 2.59. The molecule has 0 saturated heterocycles. The van der Waals surface area contributed by atoms with Gasteiger partial charge in [0.25, 0.3) is 0 Å². The number of aryl methyl sites for hydroxylation is 1. The summed E-state index contributed by atoms with van der Waals surface area (Å²) < 4.78 is 2.37. The maximum atomic E-state index is 4.62. The molecule has 0 amide bonds. The van der Waals surface area contributed by atoms with Gasteiger partial charge in [-0.1, -0.05) is 24.3 Å². The van der Waals surface area contributed by atoms with E-state index in [1.807, 2.05) is 0 Å². The number of aromatic nitrogens is 2. The molecule has 0 spiro atoms. The maximum absolute atomic E-state index is 4.62. The molecule has 1 aromatic heterocycles. The van der Waals surface area contributed by atoms with Gasteiger partial charge in [0.15, 0.2) is 0 Å². The first-order chi connectivity index (χ1) is 7.86. The highest BCUT2D eigenvalue weighted by atomic mass is 15.1. The Hall–Kier alpha value is -1.57. The standard InChI is InChI=1S/C14H16N2/c1-11-15-13-9-5-6-10-14(13)16(11)12-7-3-2-4-8-12/h3,5-7,9-10,12H,2,4,8H2,1H3. The van der Waals surface area contributed by atoms with Gasteiger partial charge in [0.2, 0.25) is 0 Å². The zero-order chi connectivity index (χ0) is 11.0. The first-order valence-corrected chi connectivity index (χ1v) is 5.96. The van der Waals surface area contributed by atoms with Gasteiger partial charge in [0, 0.05) is 0 Å². The molecule has 2 heteroatoms. The Kier molecular flexibility index (Phi) is 2.28. The summed E-state index contributed by atoms with van der Waals surface area (Å²) in [7, 11) is 0. The van der Waals surface area contributed by atoms with Crippen molar-refractivity contribution in [2.45, 2.75) is 32.2 Å². The van der Waals surface area contributed by atoms with Crippen molar-refractivity contribution in [3.63, 3.8) is 0 Å². The average molecular weight is 212 g/mol. The van der Waals surface area contributed by atoms with E-state index < -0.39 is 0 Å². The summed E-state index contributed by atoms with van der Waals surface area (Å²) in [4.78, 5) is 4.62. The van der Waals surface area contributed by atoms with Gasteiger partial charge >= 0.3 is 0 Å². The van der Waals surface area contributed by atoms with Crippen LogP contribution >= 0.6 is 0 Å². The number of benzene rings is 1. The zero-order valence-corrected chi connectivity index (χ0v) is 9.56. The summed E-state index contributed by atoms with van der Waals surface area (Å²) in [6.45, 7) is 2.10. The molecule has 0 N–H and O–H groups in total. The molecule has 1 aliphatic rings. The van der Waals surface area contributed by atoms with Crippen molar-refractivity contribution in [1.29, 1.82) is 0 Å². The number of hydrogen-bond donors (Lipinski definition) is 0. The highest BCUT2D eigenvalue weighted by Gasteiger charge is 2.15. The van der Waals surface area contributed by atoms with Crippen LogP contribution in [-0.2, 0) is 0 Å². The number of fused-ring (bicyclic) bond motifs is 1. The number of hydrogen-bond acceptors (Lipinski definition) is 1. The van der Waals surface area contributed by atoms with Crippen LogP contribution in [0.4, 0.5) is 0 Å². The molecule has 0 radical (unpaired) electrons. The van der Waals surface area contributed by atoms with Crippen molar-refractivity contribution in [2.75, 3.05) is 0 Å². The Bertz CT molecular complexity index is 537. The van der Waals surface area contributed by atoms with Gasteiger partial charge in [-0.05, 0) is 38.3 Å². The summed E-state index contributed by atoms with van der Waals surface area (Å²) in [5.41, 5.74) is 2.37. The van der Waals surface area contributed by atoms with E-state index in [4.69, 9.17) is 0 Å². The smallest absolute Gasteiger partial charge is 0.107 e. The van der Waals surface area contributed by atoms with Gasteiger partial charge in [0.05, 0.1) is 17.1 Å². The monoisotopic (exact) mass is 212 g/mol. The van der Waals surface area contributed by atoms with E-state index in [2.05, 4.69) is 52.9 Å². The minimum Gasteiger partial charge on any atom is -0.321 e. The quantitative estimate of drug-likeness (QED) is 0.660. The second kappa shape index (κ2) is 3.78. The van der Waals surface area contributed by atoms with Gasteiger partial charge in [0.1, 0.15) is 5.82 Å². The van der Waals surface area contributed by atoms with Crippen LogP contribution in [-0.4, -0.2) is 9.55 Å². The molecular formula is C14H16N2. The molecule has 2 nitrogen and oxygen atoms in total. The summed E-state index contributed by atoms with van der Waals surface area (Å²) in [6.07, 6.45) is 8.36. The summed E-state index contributed by atoms with van der Waals surface area (Å²) in [5, 5.41) is 0. The van der Waals surface area contributed by atoms with Crippen molar-refractivity contribution >= 4 is 11.0 Å². The molecule has 0 aliphatic heterocycles. The van der Waals surface area contributed by atoms with E-state index in [-0.39, 0.29) is 0 Å². The highest BCUT2D eigenvalue weighted by Crippen LogP contribution is 2.27. The topological polar surface area (TPSA) is 17.8 Å². The average Bonchev–Trinajstić information content (AvgIpc) is 2.66. The van der Waals surface area contributed by atoms with Crippen LogP contribution in [0.15, 0.2) is 36.4 Å². The molecule has 1 unspecified atom stereocenters. The highest BCUT2D eigenvalue weighted by molar-refractivity contribution is 5.76. The van der Waals surface area contributed by atoms with Crippen LogP contribution in [0.3, 0.4) is 0 Å². The number of para-hydroxylation sites is 2. The fourth-order valence-electron chi connectivity index (χ4n) is 2.59. The predicted octanol–water partition coefficient (Wildman–Crippen LogP) is 3.63. The molecule has 0 saturated carbocycles. The van der Waals surface area contributed by atoms with E-state index in [1.54, 1.807) is 0 Å². The summed E-state index contributed by atoms with van der Waals surface area (Å²) >= 11 is 0. The van der Waals surface area contributed by atoms with E-state index in [0.717, 1.165) is 11.3 Å². The minimum atomic E-state index is 0.501. The number of nitrogens with zero attached hydrogens (tertiary/aromatic N) is 2. The Morgan fingerprint density at radius 3 is 3.00 bits per heavy atom. The molecule has 16 heavy (non-hydrogen) atoms. The van der Waals surface area contributed by atoms with Gasteiger partial charge in [-0.15, -0.1) is 0 Å². The van der Waals surface area contributed by atoms with Crippen LogP contribution in [0, 0.1) is 6.92 Å². The third kappa shape index (κ3) is 1.45. The van der Waals surface area contributed by atoms with Crippen LogP contribution in [0.25, 0.3) is 11.0 Å². The van der Waals surface area contributed by atoms with Crippen LogP contribution in [0.5, 0.6) is 0 Å². The third-order valence-electron chi connectivity index (χ3n) is 3.33. The van der Waals surface area contributed by atoms with E-state index in [9.17, 15) is 0 Å². The number of imidazole rings is 1. The lowest BCUT2D eigenvalue weighted by atomic mass is 10.0. The van der Waals surface area contributed by atoms with E-state index in [0.29, 0.717) is 6.04 Å². The van der Waals surface area contributed by atoms with Gasteiger partial charge in [-0.2, -0.15) is 0 Å². The number of rotatable bonds is 1. The van der Waals surface area contributed by atoms with Crippen LogP contribution < -0.4 is 0 Å². The minimum absolute atomic E-state index is 0.501. The maximum Gasteiger partial charge on any atom is 0.107 e. The van der Waals surface area contributed by atoms with Gasteiger partial charge in [-0.3, -0.25) is 0 Å². The van der Waals surface area contributed by atoms with Crippen LogP contribution in [0.2, 0.25) is 0 Å². The van der Waals surface area contributed by atoms with Crippen LogP contribution in [0.1, 0.15) is 31.1 Å². The molecule has 0 bridgehead atoms. The first-order valence-electron chi connectivity index (χ1n) is 5.96. The number of allylic oxidation sites excluding steroid dienone is 2. The first kappa shape index (κ1) is 9.64. The second-order valence-corrected chi connectivity index (χ2v) is 4.44. The Balaban J connectivity index is 2.17. The largest absolute Gasteiger partial charge is 0.321 e. The molecule has 82 valence electrons. The molecule has 1 aromatic carbocycles. The Labute approximate surface area is 95.6 Å². The van der Waals surface area contributed by atoms with Gasteiger partial charge < -0.3 is 4.57 Å². The molecule has 3 rings (SSSR count). The lowest BCUT2D eigenvalue weighted by Crippen LogP contribution is -2.10. The fraction of sp³-hybridized carbons (Fsp3) is 0.357. The molecule has 0 fully saturated rings. The molecular weight excluding hydrogens is 196 g/mol. The van der Waals surface area contributed by atoms with Gasteiger partial charge in [-0.25, -0.2) is 4.98 Å². The SMILES string of the molecule is Cc1nc2ccccc2n1C1C=CCCC1. The predicted molar refractivity (Wildman–Crippen MR) is 66.5 cm³/mol. The zero-order valence-electron chi connectivity index (χ0n) is 9.56. The molecule has 1 atom stereocenters. The second-order valence-electron chi connectivity index (χ2n) is 4.44. The van der Waals surface area contributed by atoms with Crippen molar-refractivity contribution in [1.82, 2.24) is 9.55 Å². The Morgan fingerprint density at radius 2 is 2.19 bits per heavy atom.